The summed E-state index contributed by atoms with van der Waals surface area (Å²) in [5, 5.41) is 10.5. The van der Waals surface area contributed by atoms with Crippen LogP contribution in [0, 0.1) is 17.0 Å². The molecule has 0 aliphatic rings. The van der Waals surface area contributed by atoms with Gasteiger partial charge < -0.3 is 9.15 Å². The first-order valence-corrected chi connectivity index (χ1v) is 5.54. The van der Waals surface area contributed by atoms with Gasteiger partial charge in [0.2, 0.25) is 11.2 Å². The van der Waals surface area contributed by atoms with Crippen molar-refractivity contribution in [2.75, 3.05) is 0 Å². The quantitative estimate of drug-likeness (QED) is 0.483. The molecule has 0 spiro atoms. The van der Waals surface area contributed by atoms with Gasteiger partial charge in [0, 0.05) is 18.2 Å². The van der Waals surface area contributed by atoms with Crippen LogP contribution in [-0.4, -0.2) is 10.9 Å². The lowest BCUT2D eigenvalue weighted by Gasteiger charge is -2.04. The second kappa shape index (κ2) is 5.35. The molecule has 0 bridgehead atoms. The lowest BCUT2D eigenvalue weighted by molar-refractivity contribution is -0.384. The van der Waals surface area contributed by atoms with Crippen molar-refractivity contribution in [3.63, 3.8) is 0 Å². The van der Waals surface area contributed by atoms with Crippen LogP contribution in [0.2, 0.25) is 0 Å². The monoisotopic (exact) mass is 275 g/mol. The molecule has 0 aliphatic carbocycles. The second-order valence-corrected chi connectivity index (χ2v) is 3.86. The fourth-order valence-electron chi connectivity index (χ4n) is 1.49. The van der Waals surface area contributed by atoms with Gasteiger partial charge in [-0.05, 0) is 19.1 Å². The third kappa shape index (κ3) is 2.72. The Kier molecular flexibility index (Phi) is 3.60. The summed E-state index contributed by atoms with van der Waals surface area (Å²) >= 11 is 0. The van der Waals surface area contributed by atoms with Crippen LogP contribution in [0.1, 0.15) is 16.1 Å². The summed E-state index contributed by atoms with van der Waals surface area (Å²) < 4.78 is 9.91. The maximum atomic E-state index is 11.8. The Morgan fingerprint density at radius 2 is 1.90 bits per heavy atom. The predicted octanol–water partition coefficient (Wildman–Crippen LogP) is 2.08. The number of rotatable bonds is 3. The van der Waals surface area contributed by atoms with Crippen LogP contribution >= 0.6 is 0 Å². The lowest BCUT2D eigenvalue weighted by atomic mass is 10.2. The summed E-state index contributed by atoms with van der Waals surface area (Å²) in [7, 11) is 0. The molecule has 0 saturated heterocycles. The number of carbonyl (C=O) groups is 1. The Morgan fingerprint density at radius 1 is 1.25 bits per heavy atom. The van der Waals surface area contributed by atoms with Gasteiger partial charge in [-0.3, -0.25) is 14.9 Å². The maximum Gasteiger partial charge on any atom is 0.343 e. The van der Waals surface area contributed by atoms with Gasteiger partial charge in [0.25, 0.3) is 5.69 Å². The normalized spacial score (nSPS) is 10.1. The van der Waals surface area contributed by atoms with Gasteiger partial charge >= 0.3 is 5.97 Å². The molecule has 0 aliphatic heterocycles. The number of nitro benzene ring substituents is 1. The molecule has 1 aromatic heterocycles. The van der Waals surface area contributed by atoms with E-state index in [1.807, 2.05) is 0 Å². The molecule has 1 heterocycles. The molecule has 1 aromatic carbocycles. The minimum Gasteiger partial charge on any atom is -0.465 e. The van der Waals surface area contributed by atoms with Crippen LogP contribution in [0.15, 0.2) is 45.8 Å². The minimum absolute atomic E-state index is 0.0956. The maximum absolute atomic E-state index is 11.8. The van der Waals surface area contributed by atoms with Gasteiger partial charge in [-0.2, -0.15) is 0 Å². The molecule has 0 fully saturated rings. The Balaban J connectivity index is 2.24. The smallest absolute Gasteiger partial charge is 0.343 e. The molecule has 0 radical (unpaired) electrons. The average Bonchev–Trinajstić information content (AvgIpc) is 2.43. The zero-order valence-electron chi connectivity index (χ0n) is 10.4. The Hall–Kier alpha value is -2.96. The van der Waals surface area contributed by atoms with Crippen molar-refractivity contribution in [3.8, 4) is 5.75 Å². The first kappa shape index (κ1) is 13.5. The third-order valence-electron chi connectivity index (χ3n) is 2.52. The Morgan fingerprint density at radius 3 is 2.45 bits per heavy atom. The van der Waals surface area contributed by atoms with E-state index in [9.17, 15) is 19.7 Å². The zero-order chi connectivity index (χ0) is 14.7. The van der Waals surface area contributed by atoms with Gasteiger partial charge in [-0.15, -0.1) is 0 Å². The van der Waals surface area contributed by atoms with E-state index in [0.717, 1.165) is 6.07 Å². The SMILES string of the molecule is Cc1occc(=O)c1OC(=O)c1ccc([N+](=O)[O-])cc1. The van der Waals surface area contributed by atoms with E-state index in [1.54, 1.807) is 0 Å². The number of aryl methyl sites for hydroxylation is 1. The summed E-state index contributed by atoms with van der Waals surface area (Å²) in [4.78, 5) is 33.3. The molecule has 20 heavy (non-hydrogen) atoms. The second-order valence-electron chi connectivity index (χ2n) is 3.86. The minimum atomic E-state index is -0.790. The molecule has 7 heteroatoms. The van der Waals surface area contributed by atoms with Crippen LogP contribution in [-0.2, 0) is 0 Å². The van der Waals surface area contributed by atoms with Gasteiger partial charge in [0.1, 0.15) is 5.76 Å². The standard InChI is InChI=1S/C13H9NO6/c1-8-12(11(15)6-7-19-8)20-13(16)9-2-4-10(5-3-9)14(17)18/h2-7H,1H3. The van der Waals surface area contributed by atoms with Gasteiger partial charge in [0.15, 0.2) is 0 Å². The van der Waals surface area contributed by atoms with E-state index in [4.69, 9.17) is 9.15 Å². The van der Waals surface area contributed by atoms with Crippen molar-refractivity contribution in [2.45, 2.75) is 6.92 Å². The Bertz CT molecular complexity index is 716. The number of hydrogen-bond acceptors (Lipinski definition) is 6. The van der Waals surface area contributed by atoms with Gasteiger partial charge in [0.05, 0.1) is 16.7 Å². The number of nitrogens with zero attached hydrogens (tertiary/aromatic N) is 1. The van der Waals surface area contributed by atoms with E-state index >= 15 is 0 Å². The first-order chi connectivity index (χ1) is 9.49. The van der Waals surface area contributed by atoms with Crippen molar-refractivity contribution in [1.82, 2.24) is 0 Å². The fraction of sp³-hybridized carbons (Fsp3) is 0.0769. The molecule has 0 saturated carbocycles. The summed E-state index contributed by atoms with van der Waals surface area (Å²) in [5.74, 6) is -0.815. The molecule has 7 nitrogen and oxygen atoms in total. The van der Waals surface area contributed by atoms with Crippen LogP contribution in [0.5, 0.6) is 5.75 Å². The number of carbonyl (C=O) groups excluding carboxylic acids is 1. The molecule has 0 unspecified atom stereocenters. The summed E-state index contributed by atoms with van der Waals surface area (Å²) in [6.45, 7) is 1.49. The largest absolute Gasteiger partial charge is 0.465 e. The molecule has 0 atom stereocenters. The number of hydrogen-bond donors (Lipinski definition) is 0. The highest BCUT2D eigenvalue weighted by molar-refractivity contribution is 5.91. The van der Waals surface area contributed by atoms with Crippen LogP contribution in [0.3, 0.4) is 0 Å². The summed E-state index contributed by atoms with van der Waals surface area (Å²) in [6, 6.07) is 5.99. The molecule has 102 valence electrons. The summed E-state index contributed by atoms with van der Waals surface area (Å²) in [6.07, 6.45) is 1.20. The fourth-order valence-corrected chi connectivity index (χ4v) is 1.49. The number of benzene rings is 1. The van der Waals surface area contributed by atoms with Crippen molar-refractivity contribution >= 4 is 11.7 Å². The molecule has 2 aromatic rings. The third-order valence-corrected chi connectivity index (χ3v) is 2.52. The van der Waals surface area contributed by atoms with E-state index in [2.05, 4.69) is 0 Å². The molecular weight excluding hydrogens is 266 g/mol. The predicted molar refractivity (Wildman–Crippen MR) is 67.8 cm³/mol. The zero-order valence-corrected chi connectivity index (χ0v) is 10.4. The van der Waals surface area contributed by atoms with Crippen molar-refractivity contribution in [2.24, 2.45) is 0 Å². The van der Waals surface area contributed by atoms with E-state index in [0.29, 0.717) is 0 Å². The highest BCUT2D eigenvalue weighted by Gasteiger charge is 2.15. The molecular formula is C13H9NO6. The average molecular weight is 275 g/mol. The van der Waals surface area contributed by atoms with Crippen molar-refractivity contribution < 1.29 is 18.9 Å². The lowest BCUT2D eigenvalue weighted by Crippen LogP contribution is -2.15. The van der Waals surface area contributed by atoms with Crippen LogP contribution in [0.4, 0.5) is 5.69 Å². The van der Waals surface area contributed by atoms with E-state index in [-0.39, 0.29) is 22.8 Å². The number of non-ortho nitro benzene ring substituents is 1. The number of esters is 1. The molecule has 0 N–H and O–H groups in total. The Labute approximate surface area is 112 Å². The summed E-state index contributed by atoms with van der Waals surface area (Å²) in [5.41, 5.74) is -0.528. The van der Waals surface area contributed by atoms with Gasteiger partial charge in [-0.25, -0.2) is 4.79 Å². The highest BCUT2D eigenvalue weighted by Crippen LogP contribution is 2.16. The number of nitro groups is 1. The molecule has 2 rings (SSSR count). The van der Waals surface area contributed by atoms with Crippen molar-refractivity contribution in [1.29, 1.82) is 0 Å². The first-order valence-electron chi connectivity index (χ1n) is 5.54. The van der Waals surface area contributed by atoms with E-state index < -0.39 is 16.3 Å². The highest BCUT2D eigenvalue weighted by atomic mass is 16.6. The topological polar surface area (TPSA) is 99.7 Å². The van der Waals surface area contributed by atoms with E-state index in [1.165, 1.54) is 37.5 Å². The van der Waals surface area contributed by atoms with Crippen LogP contribution < -0.4 is 10.2 Å². The number of ether oxygens (including phenoxy) is 1. The van der Waals surface area contributed by atoms with Crippen molar-refractivity contribution in [3.05, 3.63) is 68.3 Å². The van der Waals surface area contributed by atoms with Crippen LogP contribution in [0.25, 0.3) is 0 Å². The van der Waals surface area contributed by atoms with Gasteiger partial charge in [-0.1, -0.05) is 0 Å². The molecule has 0 amide bonds.